The maximum atomic E-state index is 13.0. The van der Waals surface area contributed by atoms with Crippen LogP contribution in [0.3, 0.4) is 0 Å². The molecule has 104 valence electrons. The first-order valence-electron chi connectivity index (χ1n) is 6.56. The summed E-state index contributed by atoms with van der Waals surface area (Å²) in [6.45, 7) is 3.55. The van der Waals surface area contributed by atoms with Crippen LogP contribution in [-0.4, -0.2) is 30.1 Å². The van der Waals surface area contributed by atoms with Crippen LogP contribution in [0.5, 0.6) is 5.75 Å². The summed E-state index contributed by atoms with van der Waals surface area (Å²) in [6, 6.07) is 3.89. The first-order chi connectivity index (χ1) is 9.06. The topological polar surface area (TPSA) is 61.4 Å². The average Bonchev–Trinajstić information content (AvgIpc) is 2.40. The molecule has 1 aromatic rings. The second-order valence-corrected chi connectivity index (χ2v) is 5.12. The van der Waals surface area contributed by atoms with E-state index in [1.54, 1.807) is 0 Å². The highest BCUT2D eigenvalue weighted by atomic mass is 19.1. The van der Waals surface area contributed by atoms with Crippen molar-refractivity contribution in [2.75, 3.05) is 13.1 Å². The van der Waals surface area contributed by atoms with Gasteiger partial charge in [-0.15, -0.1) is 0 Å². The van der Waals surface area contributed by atoms with E-state index in [4.69, 9.17) is 0 Å². The lowest BCUT2D eigenvalue weighted by Gasteiger charge is -2.27. The molecule has 1 amide bonds. The minimum Gasteiger partial charge on any atom is -0.507 e. The fourth-order valence-electron chi connectivity index (χ4n) is 2.25. The smallest absolute Gasteiger partial charge is 0.255 e. The largest absolute Gasteiger partial charge is 0.507 e. The first-order valence-corrected chi connectivity index (χ1v) is 6.56. The summed E-state index contributed by atoms with van der Waals surface area (Å²) in [5.41, 5.74) is -0.0165. The van der Waals surface area contributed by atoms with Crippen LogP contribution < -0.4 is 10.6 Å². The molecule has 19 heavy (non-hydrogen) atoms. The van der Waals surface area contributed by atoms with Crippen LogP contribution >= 0.6 is 0 Å². The van der Waals surface area contributed by atoms with E-state index in [9.17, 15) is 14.3 Å². The number of aromatic hydroxyl groups is 1. The molecule has 1 heterocycles. The van der Waals surface area contributed by atoms with Crippen LogP contribution in [0.25, 0.3) is 0 Å². The molecule has 1 saturated heterocycles. The van der Waals surface area contributed by atoms with Gasteiger partial charge in [-0.05, 0) is 50.4 Å². The fraction of sp³-hybridized carbons (Fsp3) is 0.500. The molecule has 0 spiro atoms. The molecule has 1 fully saturated rings. The van der Waals surface area contributed by atoms with Crippen LogP contribution in [-0.2, 0) is 0 Å². The Kier molecular flexibility index (Phi) is 4.37. The highest BCUT2D eigenvalue weighted by Crippen LogP contribution is 2.18. The standard InChI is InChI=1S/C14H19FN2O2/c1-9-2-3-10(7-16-9)8-17-14(19)12-6-11(15)4-5-13(12)18/h4-6,9-10,16,18H,2-3,7-8H2,1H3,(H,17,19). The van der Waals surface area contributed by atoms with Gasteiger partial charge in [0.15, 0.2) is 0 Å². The highest BCUT2D eigenvalue weighted by molar-refractivity contribution is 5.96. The van der Waals surface area contributed by atoms with Gasteiger partial charge in [0.1, 0.15) is 11.6 Å². The number of phenolic OH excluding ortho intramolecular Hbond substituents is 1. The van der Waals surface area contributed by atoms with Gasteiger partial charge in [-0.3, -0.25) is 4.79 Å². The third kappa shape index (κ3) is 3.67. The second-order valence-electron chi connectivity index (χ2n) is 5.12. The number of carbonyl (C=O) groups is 1. The van der Waals surface area contributed by atoms with Gasteiger partial charge in [0.05, 0.1) is 5.56 Å². The Morgan fingerprint density at radius 3 is 3.00 bits per heavy atom. The molecule has 0 saturated carbocycles. The Morgan fingerprint density at radius 2 is 2.32 bits per heavy atom. The molecule has 1 aliphatic heterocycles. The van der Waals surface area contributed by atoms with Crippen molar-refractivity contribution in [3.05, 3.63) is 29.6 Å². The van der Waals surface area contributed by atoms with Crippen molar-refractivity contribution in [3.63, 3.8) is 0 Å². The number of carbonyl (C=O) groups excluding carboxylic acids is 1. The quantitative estimate of drug-likeness (QED) is 0.779. The number of benzene rings is 1. The number of amides is 1. The van der Waals surface area contributed by atoms with Crippen molar-refractivity contribution in [2.24, 2.45) is 5.92 Å². The van der Waals surface area contributed by atoms with Gasteiger partial charge in [0, 0.05) is 12.6 Å². The van der Waals surface area contributed by atoms with Crippen LogP contribution in [0.15, 0.2) is 18.2 Å². The molecule has 4 nitrogen and oxygen atoms in total. The SMILES string of the molecule is CC1CCC(CNC(=O)c2cc(F)ccc2O)CN1. The minimum atomic E-state index is -0.531. The molecular formula is C14H19FN2O2. The van der Waals surface area contributed by atoms with E-state index >= 15 is 0 Å². The Morgan fingerprint density at radius 1 is 1.53 bits per heavy atom. The highest BCUT2D eigenvalue weighted by Gasteiger charge is 2.19. The summed E-state index contributed by atoms with van der Waals surface area (Å²) < 4.78 is 13.0. The monoisotopic (exact) mass is 266 g/mol. The molecule has 0 bridgehead atoms. The Hall–Kier alpha value is -1.62. The van der Waals surface area contributed by atoms with E-state index in [0.29, 0.717) is 18.5 Å². The number of phenols is 1. The second kappa shape index (κ2) is 6.02. The zero-order chi connectivity index (χ0) is 13.8. The Bertz CT molecular complexity index is 457. The molecule has 0 radical (unpaired) electrons. The van der Waals surface area contributed by atoms with Gasteiger partial charge in [0.25, 0.3) is 5.91 Å². The van der Waals surface area contributed by atoms with E-state index in [-0.39, 0.29) is 11.3 Å². The number of hydrogen-bond donors (Lipinski definition) is 3. The summed E-state index contributed by atoms with van der Waals surface area (Å²) in [6.07, 6.45) is 2.15. The van der Waals surface area contributed by atoms with Crippen molar-refractivity contribution in [2.45, 2.75) is 25.8 Å². The zero-order valence-corrected chi connectivity index (χ0v) is 10.9. The summed E-state index contributed by atoms with van der Waals surface area (Å²) >= 11 is 0. The van der Waals surface area contributed by atoms with Gasteiger partial charge in [0.2, 0.25) is 0 Å². The average molecular weight is 266 g/mol. The molecule has 2 unspecified atom stereocenters. The Labute approximate surface area is 112 Å². The molecular weight excluding hydrogens is 247 g/mol. The van der Waals surface area contributed by atoms with Crippen molar-refractivity contribution < 1.29 is 14.3 Å². The predicted molar refractivity (Wildman–Crippen MR) is 70.6 cm³/mol. The maximum Gasteiger partial charge on any atom is 0.255 e. The summed E-state index contributed by atoms with van der Waals surface area (Å²) in [7, 11) is 0. The number of halogens is 1. The molecule has 2 atom stereocenters. The van der Waals surface area contributed by atoms with Crippen molar-refractivity contribution in [3.8, 4) is 5.75 Å². The zero-order valence-electron chi connectivity index (χ0n) is 10.9. The van der Waals surface area contributed by atoms with E-state index in [0.717, 1.165) is 31.5 Å². The van der Waals surface area contributed by atoms with Crippen LogP contribution in [0.1, 0.15) is 30.1 Å². The van der Waals surface area contributed by atoms with Crippen molar-refractivity contribution >= 4 is 5.91 Å². The number of piperidine rings is 1. The summed E-state index contributed by atoms with van der Waals surface area (Å²) in [5.74, 6) is -0.781. The van der Waals surface area contributed by atoms with E-state index in [2.05, 4.69) is 17.6 Å². The molecule has 5 heteroatoms. The third-order valence-electron chi connectivity index (χ3n) is 3.52. The number of hydrogen-bond acceptors (Lipinski definition) is 3. The van der Waals surface area contributed by atoms with Gasteiger partial charge in [-0.2, -0.15) is 0 Å². The van der Waals surface area contributed by atoms with E-state index in [1.165, 1.54) is 6.07 Å². The molecule has 0 aromatic heterocycles. The van der Waals surface area contributed by atoms with E-state index in [1.807, 2.05) is 0 Å². The predicted octanol–water partition coefficient (Wildman–Crippen LogP) is 1.65. The van der Waals surface area contributed by atoms with Gasteiger partial charge >= 0.3 is 0 Å². The Balaban J connectivity index is 1.89. The molecule has 3 N–H and O–H groups in total. The van der Waals surface area contributed by atoms with Gasteiger partial charge in [-0.1, -0.05) is 0 Å². The number of rotatable bonds is 3. The molecule has 1 aliphatic rings. The minimum absolute atomic E-state index is 0.0165. The molecule has 1 aromatic carbocycles. The number of nitrogens with one attached hydrogen (secondary N) is 2. The maximum absolute atomic E-state index is 13.0. The van der Waals surface area contributed by atoms with E-state index < -0.39 is 11.7 Å². The van der Waals surface area contributed by atoms with Gasteiger partial charge < -0.3 is 15.7 Å². The van der Waals surface area contributed by atoms with Crippen LogP contribution in [0, 0.1) is 11.7 Å². The molecule has 0 aliphatic carbocycles. The van der Waals surface area contributed by atoms with Gasteiger partial charge in [-0.25, -0.2) is 4.39 Å². The third-order valence-corrected chi connectivity index (χ3v) is 3.52. The first kappa shape index (κ1) is 13.8. The van der Waals surface area contributed by atoms with Crippen molar-refractivity contribution in [1.82, 2.24) is 10.6 Å². The lowest BCUT2D eigenvalue weighted by atomic mass is 9.95. The summed E-state index contributed by atoms with van der Waals surface area (Å²) in [4.78, 5) is 11.9. The normalized spacial score (nSPS) is 23.1. The van der Waals surface area contributed by atoms with Crippen LogP contribution in [0.4, 0.5) is 4.39 Å². The molecule has 2 rings (SSSR count). The lowest BCUT2D eigenvalue weighted by molar-refractivity contribution is 0.0940. The lowest BCUT2D eigenvalue weighted by Crippen LogP contribution is -2.42. The van der Waals surface area contributed by atoms with Crippen molar-refractivity contribution in [1.29, 1.82) is 0 Å². The summed E-state index contributed by atoms with van der Waals surface area (Å²) in [5, 5.41) is 15.6. The fourth-order valence-corrected chi connectivity index (χ4v) is 2.25. The van der Waals surface area contributed by atoms with Crippen LogP contribution in [0.2, 0.25) is 0 Å².